The molecule has 136 valence electrons. The molecule has 0 aliphatic heterocycles. The lowest BCUT2D eigenvalue weighted by Gasteiger charge is -2.02. The minimum atomic E-state index is -1.12. The van der Waals surface area contributed by atoms with E-state index < -0.39 is 5.97 Å². The Kier molecular flexibility index (Phi) is 5.38. The monoisotopic (exact) mass is 382 g/mol. The summed E-state index contributed by atoms with van der Waals surface area (Å²) in [6, 6.07) is 15.0. The Bertz CT molecular complexity index is 1020. The van der Waals surface area contributed by atoms with Crippen molar-refractivity contribution in [3.05, 3.63) is 82.1 Å². The Morgan fingerprint density at radius 2 is 1.85 bits per heavy atom. The SMILES string of the molecule is Cc1ccc(C(=O)N/N=C/c2ccc(-c3ccc(Cl)c(C(=O)O)c3)o2)cc1. The first-order valence-corrected chi connectivity index (χ1v) is 8.35. The van der Waals surface area contributed by atoms with Crippen molar-refractivity contribution in [2.24, 2.45) is 5.10 Å². The number of nitrogens with one attached hydrogen (secondary N) is 1. The summed E-state index contributed by atoms with van der Waals surface area (Å²) in [7, 11) is 0. The Labute approximate surface area is 160 Å². The maximum absolute atomic E-state index is 12.0. The van der Waals surface area contributed by atoms with Crippen LogP contribution in [-0.2, 0) is 0 Å². The molecular formula is C20H15ClN2O4. The molecule has 2 N–H and O–H groups in total. The zero-order valence-corrected chi connectivity index (χ0v) is 15.0. The summed E-state index contributed by atoms with van der Waals surface area (Å²) in [5, 5.41) is 13.2. The fraction of sp³-hybridized carbons (Fsp3) is 0.0500. The number of carbonyl (C=O) groups excluding carboxylic acids is 1. The maximum atomic E-state index is 12.0. The van der Waals surface area contributed by atoms with Crippen LogP contribution >= 0.6 is 11.6 Å². The molecule has 0 aliphatic rings. The predicted octanol–water partition coefficient (Wildman–Crippen LogP) is 4.37. The van der Waals surface area contributed by atoms with Gasteiger partial charge in [-0.25, -0.2) is 10.2 Å². The fourth-order valence-corrected chi connectivity index (χ4v) is 2.54. The molecule has 27 heavy (non-hydrogen) atoms. The van der Waals surface area contributed by atoms with Crippen molar-refractivity contribution in [2.75, 3.05) is 0 Å². The van der Waals surface area contributed by atoms with Crippen molar-refractivity contribution in [3.63, 3.8) is 0 Å². The predicted molar refractivity (Wildman–Crippen MR) is 102 cm³/mol. The van der Waals surface area contributed by atoms with Gasteiger partial charge in [-0.3, -0.25) is 4.79 Å². The van der Waals surface area contributed by atoms with Crippen LogP contribution in [0.4, 0.5) is 0 Å². The van der Waals surface area contributed by atoms with E-state index in [4.69, 9.17) is 21.1 Å². The number of hydrazone groups is 1. The molecule has 2 aromatic carbocycles. The standard InChI is InChI=1S/C20H15ClN2O4/c1-12-2-4-13(5-3-12)19(24)23-22-11-15-7-9-18(27-15)14-6-8-17(21)16(10-14)20(25)26/h2-11H,1H3,(H,23,24)(H,25,26)/b22-11+. The topological polar surface area (TPSA) is 91.9 Å². The van der Waals surface area contributed by atoms with E-state index in [2.05, 4.69) is 10.5 Å². The van der Waals surface area contributed by atoms with Crippen LogP contribution < -0.4 is 5.43 Å². The molecule has 0 saturated carbocycles. The van der Waals surface area contributed by atoms with Crippen molar-refractivity contribution in [2.45, 2.75) is 6.92 Å². The molecule has 3 aromatic rings. The number of furan rings is 1. The molecule has 1 aromatic heterocycles. The van der Waals surface area contributed by atoms with E-state index in [0.29, 0.717) is 22.6 Å². The highest BCUT2D eigenvalue weighted by Gasteiger charge is 2.12. The number of aromatic carboxylic acids is 1. The number of halogens is 1. The largest absolute Gasteiger partial charge is 0.478 e. The molecular weight excluding hydrogens is 368 g/mol. The Hall–Kier alpha value is -3.38. The number of aryl methyl sites for hydroxylation is 1. The zero-order chi connectivity index (χ0) is 19.4. The van der Waals surface area contributed by atoms with Crippen LogP contribution in [-0.4, -0.2) is 23.2 Å². The first-order chi connectivity index (χ1) is 12.9. The van der Waals surface area contributed by atoms with E-state index in [1.54, 1.807) is 30.3 Å². The second-order valence-electron chi connectivity index (χ2n) is 5.77. The molecule has 7 heteroatoms. The second kappa shape index (κ2) is 7.88. The molecule has 3 rings (SSSR count). The number of carboxylic acid groups (broad SMARTS) is 1. The molecule has 6 nitrogen and oxygen atoms in total. The second-order valence-corrected chi connectivity index (χ2v) is 6.17. The van der Waals surface area contributed by atoms with Crippen LogP contribution in [0.15, 0.2) is 64.1 Å². The minimum absolute atomic E-state index is 0.00820. The number of amides is 1. The molecule has 0 radical (unpaired) electrons. The highest BCUT2D eigenvalue weighted by molar-refractivity contribution is 6.33. The van der Waals surface area contributed by atoms with Gasteiger partial charge >= 0.3 is 5.97 Å². The van der Waals surface area contributed by atoms with Gasteiger partial charge in [0.15, 0.2) is 0 Å². The summed E-state index contributed by atoms with van der Waals surface area (Å²) in [6.07, 6.45) is 1.36. The number of nitrogens with zero attached hydrogens (tertiary/aromatic N) is 1. The van der Waals surface area contributed by atoms with Gasteiger partial charge in [0.25, 0.3) is 5.91 Å². The zero-order valence-electron chi connectivity index (χ0n) is 14.3. The number of carboxylic acids is 1. The summed E-state index contributed by atoms with van der Waals surface area (Å²) in [5.74, 6) is -0.586. The van der Waals surface area contributed by atoms with Crippen LogP contribution in [0, 0.1) is 6.92 Å². The smallest absolute Gasteiger partial charge is 0.337 e. The highest BCUT2D eigenvalue weighted by atomic mass is 35.5. The van der Waals surface area contributed by atoms with Gasteiger partial charge in [-0.1, -0.05) is 29.3 Å². The summed E-state index contributed by atoms with van der Waals surface area (Å²) < 4.78 is 5.61. The van der Waals surface area contributed by atoms with Crippen LogP contribution in [0.25, 0.3) is 11.3 Å². The van der Waals surface area contributed by atoms with Gasteiger partial charge in [0, 0.05) is 11.1 Å². The summed E-state index contributed by atoms with van der Waals surface area (Å²) >= 11 is 5.87. The normalized spacial score (nSPS) is 10.9. The van der Waals surface area contributed by atoms with Gasteiger partial charge in [-0.05, 0) is 49.4 Å². The number of rotatable bonds is 5. The van der Waals surface area contributed by atoms with Gasteiger partial charge in [0.1, 0.15) is 11.5 Å². The third-order valence-electron chi connectivity index (χ3n) is 3.78. The quantitative estimate of drug-likeness (QED) is 0.506. The molecule has 0 bridgehead atoms. The Morgan fingerprint density at radius 1 is 1.11 bits per heavy atom. The lowest BCUT2D eigenvalue weighted by Crippen LogP contribution is -2.17. The summed E-state index contributed by atoms with van der Waals surface area (Å²) in [5.41, 5.74) is 4.55. The van der Waals surface area contributed by atoms with Crippen LogP contribution in [0.5, 0.6) is 0 Å². The van der Waals surface area contributed by atoms with Crippen molar-refractivity contribution >= 4 is 29.7 Å². The van der Waals surface area contributed by atoms with Crippen molar-refractivity contribution in [3.8, 4) is 11.3 Å². The van der Waals surface area contributed by atoms with Crippen LogP contribution in [0.2, 0.25) is 5.02 Å². The molecule has 1 amide bonds. The molecule has 1 heterocycles. The number of benzene rings is 2. The lowest BCUT2D eigenvalue weighted by molar-refractivity contribution is 0.0697. The number of carbonyl (C=O) groups is 2. The van der Waals surface area contributed by atoms with Gasteiger partial charge < -0.3 is 9.52 Å². The minimum Gasteiger partial charge on any atom is -0.478 e. The maximum Gasteiger partial charge on any atom is 0.337 e. The third kappa shape index (κ3) is 4.43. The Morgan fingerprint density at radius 3 is 2.56 bits per heavy atom. The third-order valence-corrected chi connectivity index (χ3v) is 4.11. The van der Waals surface area contributed by atoms with E-state index in [-0.39, 0.29) is 16.5 Å². The number of hydrogen-bond acceptors (Lipinski definition) is 4. The van der Waals surface area contributed by atoms with Crippen molar-refractivity contribution in [1.82, 2.24) is 5.43 Å². The van der Waals surface area contributed by atoms with Gasteiger partial charge in [0.05, 0.1) is 16.8 Å². The Balaban J connectivity index is 1.70. The fourth-order valence-electron chi connectivity index (χ4n) is 2.34. The van der Waals surface area contributed by atoms with Gasteiger partial charge in [-0.15, -0.1) is 0 Å². The van der Waals surface area contributed by atoms with Crippen molar-refractivity contribution < 1.29 is 19.1 Å². The van der Waals surface area contributed by atoms with E-state index in [9.17, 15) is 9.59 Å². The molecule has 0 aliphatic carbocycles. The summed E-state index contributed by atoms with van der Waals surface area (Å²) in [6.45, 7) is 1.94. The highest BCUT2D eigenvalue weighted by Crippen LogP contribution is 2.26. The average Bonchev–Trinajstić information content (AvgIpc) is 3.11. The average molecular weight is 383 g/mol. The molecule has 0 fully saturated rings. The van der Waals surface area contributed by atoms with E-state index in [1.165, 1.54) is 18.3 Å². The van der Waals surface area contributed by atoms with Crippen LogP contribution in [0.1, 0.15) is 32.0 Å². The first kappa shape index (κ1) is 18.4. The van der Waals surface area contributed by atoms with E-state index in [0.717, 1.165) is 5.56 Å². The van der Waals surface area contributed by atoms with E-state index in [1.807, 2.05) is 19.1 Å². The molecule has 0 saturated heterocycles. The molecule has 0 unspecified atom stereocenters. The lowest BCUT2D eigenvalue weighted by atomic mass is 10.1. The van der Waals surface area contributed by atoms with Crippen molar-refractivity contribution in [1.29, 1.82) is 0 Å². The molecule has 0 spiro atoms. The first-order valence-electron chi connectivity index (χ1n) is 7.97. The van der Waals surface area contributed by atoms with Crippen LogP contribution in [0.3, 0.4) is 0 Å². The van der Waals surface area contributed by atoms with E-state index >= 15 is 0 Å². The molecule has 0 atom stereocenters. The van der Waals surface area contributed by atoms with Gasteiger partial charge in [0.2, 0.25) is 0 Å². The summed E-state index contributed by atoms with van der Waals surface area (Å²) in [4.78, 5) is 23.2. The number of hydrogen-bond donors (Lipinski definition) is 2. The van der Waals surface area contributed by atoms with Gasteiger partial charge in [-0.2, -0.15) is 5.10 Å².